The normalized spacial score (nSPS) is 19.6. The molecule has 0 unspecified atom stereocenters. The van der Waals surface area contributed by atoms with Gasteiger partial charge in [0.1, 0.15) is 30.0 Å². The molecule has 4 aromatic rings. The molecule has 13 heteroatoms. The first-order valence-electron chi connectivity index (χ1n) is 18.5. The molecule has 0 bridgehead atoms. The van der Waals surface area contributed by atoms with E-state index in [1.54, 1.807) is 6.08 Å². The minimum atomic E-state index is -0.722. The van der Waals surface area contributed by atoms with E-state index in [1.807, 2.05) is 98.0 Å². The Labute approximate surface area is 311 Å². The highest BCUT2D eigenvalue weighted by Crippen LogP contribution is 2.39. The number of piperidine rings is 1. The predicted octanol–water partition coefficient (Wildman–Crippen LogP) is 5.89. The number of urea groups is 1. The van der Waals surface area contributed by atoms with Gasteiger partial charge in [-0.1, -0.05) is 44.2 Å². The molecule has 2 amide bonds. The van der Waals surface area contributed by atoms with E-state index in [0.29, 0.717) is 42.6 Å². The molecule has 0 spiro atoms. The molecule has 5 N–H and O–H groups in total. The fraction of sp³-hybridized carbons (Fsp3) is 0.450. The van der Waals surface area contributed by atoms with Gasteiger partial charge in [-0.2, -0.15) is 0 Å². The molecule has 1 fully saturated rings. The second kappa shape index (κ2) is 16.7. The number of benzene rings is 2. The Kier molecular flexibility index (Phi) is 11.8. The fourth-order valence-electron chi connectivity index (χ4n) is 6.68. The van der Waals surface area contributed by atoms with Crippen molar-refractivity contribution in [1.82, 2.24) is 30.1 Å². The van der Waals surface area contributed by atoms with Crippen molar-refractivity contribution < 1.29 is 19.4 Å². The second-order valence-electron chi connectivity index (χ2n) is 14.9. The topological polar surface area (TPSA) is 155 Å². The number of rotatable bonds is 12. The van der Waals surface area contributed by atoms with Crippen molar-refractivity contribution in [3.8, 4) is 11.5 Å². The third-order valence-corrected chi connectivity index (χ3v) is 10.0. The van der Waals surface area contributed by atoms with Crippen LogP contribution >= 0.6 is 0 Å². The molecule has 1 aliphatic heterocycles. The van der Waals surface area contributed by atoms with Crippen LogP contribution in [0.15, 0.2) is 83.6 Å². The molecule has 53 heavy (non-hydrogen) atoms. The van der Waals surface area contributed by atoms with Crippen molar-refractivity contribution >= 4 is 29.1 Å². The number of carbonyl (C=O) groups is 1. The van der Waals surface area contributed by atoms with E-state index in [0.717, 1.165) is 54.4 Å². The van der Waals surface area contributed by atoms with Gasteiger partial charge in [0.15, 0.2) is 5.65 Å². The summed E-state index contributed by atoms with van der Waals surface area (Å²) in [5.74, 6) is 2.48. The number of ether oxygens (including phenoxy) is 2. The Morgan fingerprint density at radius 3 is 2.64 bits per heavy atom. The number of aromatic nitrogens is 3. The van der Waals surface area contributed by atoms with Gasteiger partial charge >= 0.3 is 6.03 Å². The Balaban J connectivity index is 1.18. The lowest BCUT2D eigenvalue weighted by Gasteiger charge is -2.33. The highest BCUT2D eigenvalue weighted by molar-refractivity contribution is 6.05. The number of likely N-dealkylation sites (N-methyl/N-ethyl adjacent to an activating group) is 1. The van der Waals surface area contributed by atoms with E-state index in [1.165, 1.54) is 6.42 Å². The van der Waals surface area contributed by atoms with Gasteiger partial charge in [0.05, 0.1) is 24.5 Å². The van der Waals surface area contributed by atoms with Gasteiger partial charge < -0.3 is 35.4 Å². The summed E-state index contributed by atoms with van der Waals surface area (Å²) < 4.78 is 14.6. The average Bonchev–Trinajstić information content (AvgIpc) is 3.56. The number of amidine groups is 1. The third kappa shape index (κ3) is 9.27. The zero-order valence-electron chi connectivity index (χ0n) is 31.5. The van der Waals surface area contributed by atoms with Crippen LogP contribution in [-0.4, -0.2) is 82.9 Å². The van der Waals surface area contributed by atoms with Crippen molar-refractivity contribution in [2.45, 2.75) is 71.1 Å². The fourth-order valence-corrected chi connectivity index (χ4v) is 6.68. The number of nitrogens with one attached hydrogen (secondary N) is 2. The predicted molar refractivity (Wildman–Crippen MR) is 208 cm³/mol. The minimum absolute atomic E-state index is 0.169. The number of carbonyl (C=O) groups excluding carboxylic acids is 1. The first-order valence-corrected chi connectivity index (χ1v) is 18.5. The molecule has 282 valence electrons. The smallest absolute Gasteiger partial charge is 0.320 e. The number of hydrogen-bond acceptors (Lipinski definition) is 10. The van der Waals surface area contributed by atoms with E-state index >= 15 is 0 Å². The number of amides is 2. The largest absolute Gasteiger partial charge is 0.492 e. The molecular weight excluding hydrogens is 670 g/mol. The van der Waals surface area contributed by atoms with E-state index < -0.39 is 11.4 Å². The van der Waals surface area contributed by atoms with Gasteiger partial charge in [-0.05, 0) is 88.5 Å². The first kappa shape index (κ1) is 37.6. The number of aliphatic hydroxyl groups is 1. The van der Waals surface area contributed by atoms with Crippen molar-refractivity contribution in [3.05, 3.63) is 89.8 Å². The SMILES string of the molecule is C[C@H]1CCCCN1c1nnc2ccc(O[C@@H]3CC[C@H](NC(=O)NC(C=C(N)C(C)(C)CO)=Nc4cccc(OCCN(C)C)c4)c4ccccc43)cn12. The lowest BCUT2D eigenvalue weighted by molar-refractivity contribution is 0.171. The summed E-state index contributed by atoms with van der Waals surface area (Å²) in [5.41, 5.74) is 9.44. The summed E-state index contributed by atoms with van der Waals surface area (Å²) in [5, 5.41) is 25.0. The molecule has 2 aromatic heterocycles. The highest BCUT2D eigenvalue weighted by atomic mass is 16.5. The average molecular weight is 724 g/mol. The monoisotopic (exact) mass is 723 g/mol. The van der Waals surface area contributed by atoms with E-state index in [4.69, 9.17) is 20.2 Å². The van der Waals surface area contributed by atoms with Crippen LogP contribution in [0.4, 0.5) is 16.4 Å². The van der Waals surface area contributed by atoms with E-state index in [-0.39, 0.29) is 24.6 Å². The number of hydrogen-bond donors (Lipinski definition) is 4. The summed E-state index contributed by atoms with van der Waals surface area (Å²) in [7, 11) is 3.98. The van der Waals surface area contributed by atoms with Crippen LogP contribution < -0.4 is 30.7 Å². The van der Waals surface area contributed by atoms with Gasteiger partial charge in [0.25, 0.3) is 0 Å². The minimum Gasteiger partial charge on any atom is -0.492 e. The summed E-state index contributed by atoms with van der Waals surface area (Å²) in [6.45, 7) is 7.98. The maximum atomic E-state index is 13.6. The van der Waals surface area contributed by atoms with Crippen molar-refractivity contribution in [2.75, 3.05) is 45.3 Å². The van der Waals surface area contributed by atoms with Gasteiger partial charge in [-0.25, -0.2) is 9.79 Å². The Morgan fingerprint density at radius 1 is 1.06 bits per heavy atom. The Morgan fingerprint density at radius 2 is 1.87 bits per heavy atom. The lowest BCUT2D eigenvalue weighted by Crippen LogP contribution is -2.42. The van der Waals surface area contributed by atoms with Crippen LogP contribution in [0.2, 0.25) is 0 Å². The third-order valence-electron chi connectivity index (χ3n) is 10.0. The van der Waals surface area contributed by atoms with Crippen LogP contribution in [0.3, 0.4) is 0 Å². The molecule has 2 aromatic carbocycles. The molecule has 13 nitrogen and oxygen atoms in total. The van der Waals surface area contributed by atoms with Crippen LogP contribution in [0.5, 0.6) is 11.5 Å². The molecular formula is C40H53N9O4. The molecule has 0 saturated carbocycles. The molecule has 1 aliphatic carbocycles. The standard InChI is InChI=1S/C40H53N9O4/c1-27-11-8-9-20-48(27)39-46-45-37-19-16-30(25-49(37)39)53-34-18-17-33(31-14-6-7-15-32(31)34)43-38(51)44-36(24-35(41)40(2,3)26-50)42-28-12-10-13-29(23-28)52-22-21-47(4)5/h6-7,10,12-16,19,23-25,27,33-34,50H,8-9,11,17-18,20-22,26,41H2,1-5H3,(H2,42,43,44,51)/t27-,33-,34+/m0/s1. The number of pyridine rings is 1. The molecule has 3 atom stereocenters. The van der Waals surface area contributed by atoms with Crippen molar-refractivity contribution in [2.24, 2.45) is 16.1 Å². The summed E-state index contributed by atoms with van der Waals surface area (Å²) in [6.07, 6.45) is 8.24. The van der Waals surface area contributed by atoms with Crippen molar-refractivity contribution in [1.29, 1.82) is 0 Å². The number of aliphatic hydroxyl groups excluding tert-OH is 1. The lowest BCUT2D eigenvalue weighted by atomic mass is 9.85. The zero-order valence-corrected chi connectivity index (χ0v) is 31.5. The number of anilines is 1. The maximum absolute atomic E-state index is 13.6. The highest BCUT2D eigenvalue weighted by Gasteiger charge is 2.30. The molecule has 6 rings (SSSR count). The van der Waals surface area contributed by atoms with E-state index in [2.05, 4.69) is 38.7 Å². The Hall–Kier alpha value is -5.14. The number of fused-ring (bicyclic) bond motifs is 2. The molecule has 3 heterocycles. The Bertz CT molecular complexity index is 1940. The van der Waals surface area contributed by atoms with Gasteiger partial charge in [-0.15, -0.1) is 10.2 Å². The maximum Gasteiger partial charge on any atom is 0.320 e. The first-order chi connectivity index (χ1) is 25.5. The van der Waals surface area contributed by atoms with Crippen LogP contribution in [0.25, 0.3) is 5.65 Å². The quantitative estimate of drug-likeness (QED) is 0.103. The van der Waals surface area contributed by atoms with E-state index in [9.17, 15) is 9.90 Å². The summed E-state index contributed by atoms with van der Waals surface area (Å²) >= 11 is 0. The number of nitrogens with two attached hydrogens (primary N) is 1. The molecule has 0 radical (unpaired) electrons. The molecule has 1 saturated heterocycles. The number of nitrogens with zero attached hydrogens (tertiary/aromatic N) is 6. The van der Waals surface area contributed by atoms with Crippen molar-refractivity contribution in [3.63, 3.8) is 0 Å². The number of aliphatic imine (C=N–C) groups is 1. The summed E-state index contributed by atoms with van der Waals surface area (Å²) in [6, 6.07) is 19.0. The van der Waals surface area contributed by atoms with Crippen LogP contribution in [-0.2, 0) is 0 Å². The zero-order chi connectivity index (χ0) is 37.5. The van der Waals surface area contributed by atoms with Gasteiger partial charge in [0.2, 0.25) is 5.95 Å². The van der Waals surface area contributed by atoms with Crippen LogP contribution in [0.1, 0.15) is 76.1 Å². The van der Waals surface area contributed by atoms with Crippen LogP contribution in [0, 0.1) is 5.41 Å². The summed E-state index contributed by atoms with van der Waals surface area (Å²) in [4.78, 5) is 22.8. The van der Waals surface area contributed by atoms with Gasteiger partial charge in [-0.3, -0.25) is 9.72 Å². The molecule has 2 aliphatic rings. The second-order valence-corrected chi connectivity index (χ2v) is 14.9. The van der Waals surface area contributed by atoms with Gasteiger partial charge in [0, 0.05) is 42.4 Å².